The molecule has 0 saturated heterocycles. The molecular formula is C17H18N4O2. The van der Waals surface area contributed by atoms with Crippen molar-refractivity contribution < 1.29 is 9.53 Å². The highest BCUT2D eigenvalue weighted by Gasteiger charge is 2.13. The number of nitrogens with zero attached hydrogens (tertiary/aromatic N) is 1. The average molecular weight is 310 g/mol. The van der Waals surface area contributed by atoms with Crippen LogP contribution in [0, 0.1) is 0 Å². The van der Waals surface area contributed by atoms with E-state index in [1.165, 1.54) is 0 Å². The molecule has 1 amide bonds. The molecule has 0 bridgehead atoms. The number of aromatic nitrogens is 2. The van der Waals surface area contributed by atoms with Gasteiger partial charge < -0.3 is 15.8 Å². The summed E-state index contributed by atoms with van der Waals surface area (Å²) in [5.41, 5.74) is 9.36. The van der Waals surface area contributed by atoms with Gasteiger partial charge in [0, 0.05) is 29.2 Å². The Bertz CT molecular complexity index is 870. The van der Waals surface area contributed by atoms with Crippen molar-refractivity contribution in [1.82, 2.24) is 15.5 Å². The fraction of sp³-hybridized carbons (Fsp3) is 0.176. The Kier molecular flexibility index (Phi) is 3.89. The number of nitrogens with two attached hydrogens (primary N) is 1. The quantitative estimate of drug-likeness (QED) is 0.646. The number of carbonyl (C=O) groups is 1. The average Bonchev–Trinajstić information content (AvgIpc) is 2.97. The van der Waals surface area contributed by atoms with Gasteiger partial charge in [0.15, 0.2) is 0 Å². The van der Waals surface area contributed by atoms with Crippen molar-refractivity contribution in [3.63, 3.8) is 0 Å². The summed E-state index contributed by atoms with van der Waals surface area (Å²) in [5, 5.41) is 10.9. The molecule has 3 aromatic rings. The topological polar surface area (TPSA) is 93.0 Å². The number of amides is 1. The van der Waals surface area contributed by atoms with Crippen LogP contribution < -0.4 is 15.8 Å². The molecule has 0 aliphatic rings. The van der Waals surface area contributed by atoms with Crippen LogP contribution in [0.3, 0.4) is 0 Å². The summed E-state index contributed by atoms with van der Waals surface area (Å²) < 4.78 is 5.55. The molecule has 0 saturated carbocycles. The van der Waals surface area contributed by atoms with E-state index in [-0.39, 0.29) is 5.91 Å². The summed E-state index contributed by atoms with van der Waals surface area (Å²) in [7, 11) is 1.59. The summed E-state index contributed by atoms with van der Waals surface area (Å²) in [6.45, 7) is 2.53. The van der Waals surface area contributed by atoms with Crippen molar-refractivity contribution in [2.75, 3.05) is 19.4 Å². The van der Waals surface area contributed by atoms with E-state index in [2.05, 4.69) is 15.5 Å². The summed E-state index contributed by atoms with van der Waals surface area (Å²) in [5.74, 6) is 0.589. The number of carbonyl (C=O) groups excluding carboxylic acids is 1. The maximum atomic E-state index is 11.9. The largest absolute Gasteiger partial charge is 0.494 e. The second kappa shape index (κ2) is 6.00. The van der Waals surface area contributed by atoms with Crippen LogP contribution in [0.15, 0.2) is 36.4 Å². The predicted octanol–water partition coefficient (Wildman–Crippen LogP) is 2.57. The molecule has 0 radical (unpaired) electrons. The molecule has 2 aromatic carbocycles. The van der Waals surface area contributed by atoms with E-state index in [1.54, 1.807) is 25.2 Å². The Hall–Kier alpha value is -3.02. The molecule has 0 aliphatic carbocycles. The van der Waals surface area contributed by atoms with E-state index in [0.717, 1.165) is 27.9 Å². The zero-order valence-electron chi connectivity index (χ0n) is 13.0. The van der Waals surface area contributed by atoms with Crippen molar-refractivity contribution in [1.29, 1.82) is 0 Å². The lowest BCUT2D eigenvalue weighted by atomic mass is 10.0. The number of nitrogens with one attached hydrogen (secondary N) is 2. The smallest absolute Gasteiger partial charge is 0.251 e. The number of hydrogen-bond acceptors (Lipinski definition) is 4. The van der Waals surface area contributed by atoms with Crippen LogP contribution in [0.25, 0.3) is 22.2 Å². The third kappa shape index (κ3) is 2.83. The van der Waals surface area contributed by atoms with Crippen LogP contribution in [-0.4, -0.2) is 29.8 Å². The second-order valence-corrected chi connectivity index (χ2v) is 5.14. The molecule has 4 N–H and O–H groups in total. The monoisotopic (exact) mass is 310 g/mol. The molecule has 0 fully saturated rings. The van der Waals surface area contributed by atoms with Crippen LogP contribution in [0.5, 0.6) is 5.75 Å². The first-order chi connectivity index (χ1) is 11.1. The summed E-state index contributed by atoms with van der Waals surface area (Å²) in [4.78, 5) is 11.9. The molecule has 0 unspecified atom stereocenters. The number of ether oxygens (including phenoxy) is 1. The lowest BCUT2D eigenvalue weighted by Gasteiger charge is -2.06. The highest BCUT2D eigenvalue weighted by molar-refractivity contribution is 5.99. The molecule has 23 heavy (non-hydrogen) atoms. The fourth-order valence-electron chi connectivity index (χ4n) is 2.53. The third-order valence-corrected chi connectivity index (χ3v) is 3.56. The van der Waals surface area contributed by atoms with Gasteiger partial charge in [-0.15, -0.1) is 0 Å². The van der Waals surface area contributed by atoms with Crippen LogP contribution in [0.2, 0.25) is 0 Å². The first-order valence-corrected chi connectivity index (χ1v) is 7.36. The van der Waals surface area contributed by atoms with Gasteiger partial charge in [0.2, 0.25) is 0 Å². The lowest BCUT2D eigenvalue weighted by Crippen LogP contribution is -2.18. The normalized spacial score (nSPS) is 10.7. The minimum atomic E-state index is -0.187. The molecule has 0 atom stereocenters. The maximum absolute atomic E-state index is 11.9. The number of benzene rings is 2. The van der Waals surface area contributed by atoms with Crippen LogP contribution >= 0.6 is 0 Å². The summed E-state index contributed by atoms with van der Waals surface area (Å²) in [6.07, 6.45) is 0. The number of rotatable bonds is 4. The number of aromatic amines is 1. The molecular weight excluding hydrogens is 292 g/mol. The molecule has 6 nitrogen and oxygen atoms in total. The Morgan fingerprint density at radius 3 is 2.87 bits per heavy atom. The first-order valence-electron chi connectivity index (χ1n) is 7.36. The molecule has 6 heteroatoms. The van der Waals surface area contributed by atoms with Crippen LogP contribution in [-0.2, 0) is 0 Å². The van der Waals surface area contributed by atoms with Gasteiger partial charge in [0.1, 0.15) is 11.4 Å². The van der Waals surface area contributed by atoms with E-state index < -0.39 is 0 Å². The summed E-state index contributed by atoms with van der Waals surface area (Å²) in [6, 6.07) is 11.0. The Balaban J connectivity index is 2.14. The Morgan fingerprint density at radius 1 is 1.30 bits per heavy atom. The molecule has 3 rings (SSSR count). The number of hydrogen-bond donors (Lipinski definition) is 3. The minimum absolute atomic E-state index is 0.187. The molecule has 0 spiro atoms. The van der Waals surface area contributed by atoms with Crippen molar-refractivity contribution in [2.24, 2.45) is 0 Å². The van der Waals surface area contributed by atoms with Gasteiger partial charge in [-0.2, -0.15) is 5.10 Å². The van der Waals surface area contributed by atoms with E-state index >= 15 is 0 Å². The van der Waals surface area contributed by atoms with E-state index in [9.17, 15) is 4.79 Å². The minimum Gasteiger partial charge on any atom is -0.494 e. The fourth-order valence-corrected chi connectivity index (χ4v) is 2.53. The van der Waals surface area contributed by atoms with Crippen LogP contribution in [0.4, 0.5) is 5.69 Å². The van der Waals surface area contributed by atoms with E-state index in [0.29, 0.717) is 17.9 Å². The van der Waals surface area contributed by atoms with Crippen LogP contribution in [0.1, 0.15) is 17.3 Å². The highest BCUT2D eigenvalue weighted by atomic mass is 16.5. The van der Waals surface area contributed by atoms with Gasteiger partial charge in [-0.05, 0) is 43.3 Å². The molecule has 1 aromatic heterocycles. The highest BCUT2D eigenvalue weighted by Crippen LogP contribution is 2.31. The number of anilines is 1. The van der Waals surface area contributed by atoms with Gasteiger partial charge in [-0.1, -0.05) is 0 Å². The third-order valence-electron chi connectivity index (χ3n) is 3.56. The van der Waals surface area contributed by atoms with Crippen molar-refractivity contribution in [2.45, 2.75) is 6.92 Å². The van der Waals surface area contributed by atoms with Gasteiger partial charge in [-0.3, -0.25) is 9.89 Å². The number of nitrogen functional groups attached to an aromatic ring is 1. The molecule has 118 valence electrons. The lowest BCUT2D eigenvalue weighted by molar-refractivity contribution is 0.0963. The standard InChI is InChI=1S/C17H18N4O2/c1-3-23-13-4-5-15-14(9-13)16(21-20-15)10-6-11(17(22)19-2)8-12(18)7-10/h4-9H,3,18H2,1-2H3,(H,19,22)(H,20,21). The number of fused-ring (bicyclic) bond motifs is 1. The Labute approximate surface area is 133 Å². The van der Waals surface area contributed by atoms with Crippen molar-refractivity contribution in [3.8, 4) is 17.0 Å². The SMILES string of the molecule is CCOc1ccc2[nH]nc(-c3cc(N)cc(C(=O)NC)c3)c2c1. The zero-order valence-corrected chi connectivity index (χ0v) is 13.0. The second-order valence-electron chi connectivity index (χ2n) is 5.14. The van der Waals surface area contributed by atoms with Gasteiger partial charge in [0.05, 0.1) is 12.1 Å². The van der Waals surface area contributed by atoms with E-state index in [1.807, 2.05) is 25.1 Å². The van der Waals surface area contributed by atoms with Gasteiger partial charge in [0.25, 0.3) is 5.91 Å². The molecule has 1 heterocycles. The Morgan fingerprint density at radius 2 is 2.13 bits per heavy atom. The summed E-state index contributed by atoms with van der Waals surface area (Å²) >= 11 is 0. The first kappa shape index (κ1) is 14.9. The van der Waals surface area contributed by atoms with E-state index in [4.69, 9.17) is 10.5 Å². The number of H-pyrrole nitrogens is 1. The van der Waals surface area contributed by atoms with Crippen molar-refractivity contribution in [3.05, 3.63) is 42.0 Å². The molecule has 0 aliphatic heterocycles. The van der Waals surface area contributed by atoms with Gasteiger partial charge in [-0.25, -0.2) is 0 Å². The van der Waals surface area contributed by atoms with Crippen molar-refractivity contribution >= 4 is 22.5 Å². The maximum Gasteiger partial charge on any atom is 0.251 e. The van der Waals surface area contributed by atoms with Gasteiger partial charge >= 0.3 is 0 Å². The zero-order chi connectivity index (χ0) is 16.4. The predicted molar refractivity (Wildman–Crippen MR) is 90.5 cm³/mol.